The molecule has 114 valence electrons. The van der Waals surface area contributed by atoms with Crippen LogP contribution in [0.5, 0.6) is 0 Å². The van der Waals surface area contributed by atoms with Gasteiger partial charge in [-0.2, -0.15) is 13.2 Å². The third kappa shape index (κ3) is 4.34. The zero-order chi connectivity index (χ0) is 15.3. The molecular formula is C17H19F3S. The number of hydrogen-bond donors (Lipinski definition) is 0. The molecule has 0 unspecified atom stereocenters. The number of aryl methyl sites for hydroxylation is 1. The average molecular weight is 312 g/mol. The van der Waals surface area contributed by atoms with Crippen molar-refractivity contribution in [3.8, 4) is 10.4 Å². The quantitative estimate of drug-likeness (QED) is 0.530. The first-order valence-electron chi connectivity index (χ1n) is 7.26. The van der Waals surface area contributed by atoms with Crippen LogP contribution in [0.2, 0.25) is 0 Å². The molecule has 21 heavy (non-hydrogen) atoms. The summed E-state index contributed by atoms with van der Waals surface area (Å²) in [5, 5.41) is 1.94. The highest BCUT2D eigenvalue weighted by Crippen LogP contribution is 2.36. The first-order valence-corrected chi connectivity index (χ1v) is 8.14. The van der Waals surface area contributed by atoms with Crippen LogP contribution in [0, 0.1) is 0 Å². The van der Waals surface area contributed by atoms with Crippen molar-refractivity contribution < 1.29 is 13.2 Å². The van der Waals surface area contributed by atoms with Crippen LogP contribution in [0.15, 0.2) is 35.7 Å². The van der Waals surface area contributed by atoms with Gasteiger partial charge < -0.3 is 0 Å². The maximum Gasteiger partial charge on any atom is 0.416 e. The first-order chi connectivity index (χ1) is 10.0. The van der Waals surface area contributed by atoms with E-state index < -0.39 is 11.7 Å². The molecule has 0 atom stereocenters. The number of unbranched alkanes of at least 4 members (excludes halogenated alkanes) is 3. The molecule has 0 radical (unpaired) electrons. The number of alkyl halides is 3. The third-order valence-corrected chi connectivity index (χ3v) is 4.43. The highest BCUT2D eigenvalue weighted by molar-refractivity contribution is 7.13. The van der Waals surface area contributed by atoms with E-state index >= 15 is 0 Å². The van der Waals surface area contributed by atoms with Gasteiger partial charge in [-0.25, -0.2) is 0 Å². The van der Waals surface area contributed by atoms with Crippen molar-refractivity contribution in [1.29, 1.82) is 0 Å². The van der Waals surface area contributed by atoms with Gasteiger partial charge in [0.25, 0.3) is 0 Å². The van der Waals surface area contributed by atoms with E-state index in [1.807, 2.05) is 17.5 Å². The second-order valence-electron chi connectivity index (χ2n) is 5.16. The van der Waals surface area contributed by atoms with Crippen molar-refractivity contribution in [3.63, 3.8) is 0 Å². The van der Waals surface area contributed by atoms with Crippen LogP contribution in [0.25, 0.3) is 10.4 Å². The molecule has 0 bridgehead atoms. The molecule has 0 aliphatic carbocycles. The molecule has 2 aromatic rings. The Bertz CT molecular complexity index is 556. The fourth-order valence-electron chi connectivity index (χ4n) is 2.42. The normalized spacial score (nSPS) is 11.8. The monoisotopic (exact) mass is 312 g/mol. The zero-order valence-electron chi connectivity index (χ0n) is 12.0. The summed E-state index contributed by atoms with van der Waals surface area (Å²) < 4.78 is 39.3. The smallest absolute Gasteiger partial charge is 0.166 e. The number of benzene rings is 1. The minimum absolute atomic E-state index is 0.421. The highest BCUT2D eigenvalue weighted by atomic mass is 32.1. The minimum Gasteiger partial charge on any atom is -0.166 e. The molecule has 0 fully saturated rings. The van der Waals surface area contributed by atoms with Crippen molar-refractivity contribution in [2.75, 3.05) is 0 Å². The van der Waals surface area contributed by atoms with E-state index in [4.69, 9.17) is 0 Å². The SMILES string of the molecule is CCCCCCc1cc(-c2cccs2)ccc1C(F)(F)F. The first kappa shape index (κ1) is 16.1. The fourth-order valence-corrected chi connectivity index (χ4v) is 3.14. The van der Waals surface area contributed by atoms with Gasteiger partial charge in [0, 0.05) is 4.88 Å². The Morgan fingerprint density at radius 3 is 2.48 bits per heavy atom. The molecule has 4 heteroatoms. The topological polar surface area (TPSA) is 0 Å². The van der Waals surface area contributed by atoms with Crippen LogP contribution in [0.4, 0.5) is 13.2 Å². The fraction of sp³-hybridized carbons (Fsp3) is 0.412. The predicted molar refractivity (Wildman–Crippen MR) is 82.6 cm³/mol. The molecule has 1 aromatic heterocycles. The van der Waals surface area contributed by atoms with E-state index in [0.29, 0.717) is 12.0 Å². The summed E-state index contributed by atoms with van der Waals surface area (Å²) in [6, 6.07) is 8.36. The summed E-state index contributed by atoms with van der Waals surface area (Å²) in [4.78, 5) is 1.01. The predicted octanol–water partition coefficient (Wildman–Crippen LogP) is 6.56. The van der Waals surface area contributed by atoms with Crippen LogP contribution in [0.1, 0.15) is 43.7 Å². The zero-order valence-corrected chi connectivity index (χ0v) is 12.9. The van der Waals surface area contributed by atoms with Crippen molar-refractivity contribution >= 4 is 11.3 Å². The summed E-state index contributed by atoms with van der Waals surface area (Å²) in [5.74, 6) is 0. The van der Waals surface area contributed by atoms with Gasteiger partial charge in [-0.1, -0.05) is 38.3 Å². The Hall–Kier alpha value is -1.29. The molecular weight excluding hydrogens is 293 g/mol. The lowest BCUT2D eigenvalue weighted by molar-refractivity contribution is -0.138. The van der Waals surface area contributed by atoms with Gasteiger partial charge in [-0.05, 0) is 47.5 Å². The second-order valence-corrected chi connectivity index (χ2v) is 6.11. The number of rotatable bonds is 6. The molecule has 0 spiro atoms. The Morgan fingerprint density at radius 1 is 1.05 bits per heavy atom. The lowest BCUT2D eigenvalue weighted by atomic mass is 9.97. The van der Waals surface area contributed by atoms with Gasteiger partial charge in [0.05, 0.1) is 5.56 Å². The van der Waals surface area contributed by atoms with Crippen molar-refractivity contribution in [3.05, 3.63) is 46.8 Å². The molecule has 0 aliphatic heterocycles. The number of hydrogen-bond acceptors (Lipinski definition) is 1. The molecule has 1 heterocycles. The van der Waals surface area contributed by atoms with E-state index in [-0.39, 0.29) is 0 Å². The van der Waals surface area contributed by atoms with E-state index in [1.54, 1.807) is 23.5 Å². The molecule has 0 saturated heterocycles. The van der Waals surface area contributed by atoms with E-state index in [9.17, 15) is 13.2 Å². The molecule has 0 saturated carbocycles. The Balaban J connectivity index is 2.25. The minimum atomic E-state index is -4.27. The molecule has 0 nitrogen and oxygen atoms in total. The van der Waals surface area contributed by atoms with Gasteiger partial charge in [-0.15, -0.1) is 11.3 Å². The van der Waals surface area contributed by atoms with Crippen molar-refractivity contribution in [2.24, 2.45) is 0 Å². The summed E-state index contributed by atoms with van der Waals surface area (Å²) in [6.07, 6.45) is 0.178. The summed E-state index contributed by atoms with van der Waals surface area (Å²) in [6.45, 7) is 2.10. The largest absolute Gasteiger partial charge is 0.416 e. The van der Waals surface area contributed by atoms with E-state index in [2.05, 4.69) is 6.92 Å². The Labute approximate surface area is 127 Å². The molecule has 0 N–H and O–H groups in total. The van der Waals surface area contributed by atoms with Crippen LogP contribution < -0.4 is 0 Å². The van der Waals surface area contributed by atoms with Crippen LogP contribution in [-0.4, -0.2) is 0 Å². The van der Waals surface area contributed by atoms with Gasteiger partial charge in [0.1, 0.15) is 0 Å². The second kappa shape index (κ2) is 7.12. The van der Waals surface area contributed by atoms with E-state index in [1.165, 1.54) is 6.07 Å². The molecule has 1 aromatic carbocycles. The highest BCUT2D eigenvalue weighted by Gasteiger charge is 2.33. The van der Waals surface area contributed by atoms with Crippen LogP contribution >= 0.6 is 11.3 Å². The Morgan fingerprint density at radius 2 is 1.86 bits per heavy atom. The standard InChI is InChI=1S/C17H19F3S/c1-2-3-4-5-7-13-12-14(16-8-6-11-21-16)9-10-15(13)17(18,19)20/h6,8-12H,2-5,7H2,1H3. The van der Waals surface area contributed by atoms with Crippen LogP contribution in [0.3, 0.4) is 0 Å². The average Bonchev–Trinajstić information content (AvgIpc) is 2.96. The maximum absolute atomic E-state index is 13.1. The summed E-state index contributed by atoms with van der Waals surface area (Å²) >= 11 is 1.55. The van der Waals surface area contributed by atoms with Gasteiger partial charge in [0.2, 0.25) is 0 Å². The molecule has 0 aliphatic rings. The van der Waals surface area contributed by atoms with Crippen LogP contribution in [-0.2, 0) is 12.6 Å². The molecule has 0 amide bonds. The van der Waals surface area contributed by atoms with Crippen molar-refractivity contribution in [2.45, 2.75) is 45.2 Å². The lowest BCUT2D eigenvalue weighted by Crippen LogP contribution is -2.09. The number of halogens is 3. The maximum atomic E-state index is 13.1. The van der Waals surface area contributed by atoms with E-state index in [0.717, 1.165) is 36.1 Å². The number of thiophene rings is 1. The van der Waals surface area contributed by atoms with Gasteiger partial charge >= 0.3 is 6.18 Å². The third-order valence-electron chi connectivity index (χ3n) is 3.52. The van der Waals surface area contributed by atoms with Crippen molar-refractivity contribution in [1.82, 2.24) is 0 Å². The summed E-state index contributed by atoms with van der Waals surface area (Å²) in [7, 11) is 0. The summed E-state index contributed by atoms with van der Waals surface area (Å²) in [5.41, 5.74) is 0.812. The Kier molecular flexibility index (Phi) is 5.45. The molecule has 2 rings (SSSR count). The lowest BCUT2D eigenvalue weighted by Gasteiger charge is -2.14. The van der Waals surface area contributed by atoms with Gasteiger partial charge in [-0.3, -0.25) is 0 Å². The van der Waals surface area contributed by atoms with Gasteiger partial charge in [0.15, 0.2) is 0 Å².